The van der Waals surface area contributed by atoms with Crippen LogP contribution in [0.25, 0.3) is 55.2 Å². The Bertz CT molecular complexity index is 3050. The number of hydrogen-bond acceptors (Lipinski definition) is 11. The molecule has 0 radical (unpaired) electrons. The first-order valence-electron chi connectivity index (χ1n) is 18.2. The van der Waals surface area contributed by atoms with Gasteiger partial charge < -0.3 is 19.4 Å². The number of rotatable bonds is 11. The first kappa shape index (κ1) is 35.5. The third-order valence-corrected chi connectivity index (χ3v) is 11.1. The second-order valence-corrected chi connectivity index (χ2v) is 15.2. The van der Waals surface area contributed by atoms with E-state index in [1.54, 1.807) is 67.6 Å². The van der Waals surface area contributed by atoms with Crippen LogP contribution in [-0.4, -0.2) is 42.9 Å². The molecule has 0 saturated carbocycles. The molecule has 0 saturated heterocycles. The lowest BCUT2D eigenvalue weighted by Crippen LogP contribution is -2.12. The van der Waals surface area contributed by atoms with Gasteiger partial charge in [-0.15, -0.1) is 0 Å². The highest BCUT2D eigenvalue weighted by molar-refractivity contribution is 7.87. The Balaban J connectivity index is 0.988. The van der Waals surface area contributed by atoms with Gasteiger partial charge in [0.1, 0.15) is 4.90 Å². The Morgan fingerprint density at radius 2 is 1.46 bits per heavy atom. The summed E-state index contributed by atoms with van der Waals surface area (Å²) in [7, 11) is -2.33. The molecule has 1 unspecified atom stereocenters. The van der Waals surface area contributed by atoms with Gasteiger partial charge in [0, 0.05) is 96.7 Å². The lowest BCUT2D eigenvalue weighted by Gasteiger charge is -2.18. The van der Waals surface area contributed by atoms with E-state index in [1.165, 1.54) is 12.3 Å². The van der Waals surface area contributed by atoms with E-state index in [9.17, 15) is 8.42 Å². The van der Waals surface area contributed by atoms with Gasteiger partial charge in [-0.1, -0.05) is 36.4 Å². The summed E-state index contributed by atoms with van der Waals surface area (Å²) in [6, 6.07) is 28.4. The van der Waals surface area contributed by atoms with E-state index in [0.29, 0.717) is 34.3 Å². The fourth-order valence-corrected chi connectivity index (χ4v) is 8.17. The van der Waals surface area contributed by atoms with E-state index in [1.807, 2.05) is 50.5 Å². The van der Waals surface area contributed by atoms with Crippen molar-refractivity contribution in [1.29, 1.82) is 0 Å². The summed E-state index contributed by atoms with van der Waals surface area (Å²) in [4.78, 5) is 26.9. The zero-order valence-electron chi connectivity index (χ0n) is 30.9. The molecule has 13 heteroatoms. The molecule has 0 fully saturated rings. The Labute approximate surface area is 328 Å². The number of fused-ring (bicyclic) bond motifs is 3. The van der Waals surface area contributed by atoms with Crippen LogP contribution >= 0.6 is 0 Å². The van der Waals surface area contributed by atoms with E-state index < -0.39 is 10.1 Å². The van der Waals surface area contributed by atoms with Crippen molar-refractivity contribution < 1.29 is 12.6 Å². The van der Waals surface area contributed by atoms with Gasteiger partial charge in [0.25, 0.3) is 0 Å². The van der Waals surface area contributed by atoms with Gasteiger partial charge in [0.05, 0.1) is 34.3 Å². The summed E-state index contributed by atoms with van der Waals surface area (Å²) < 4.78 is 36.1. The second-order valence-electron chi connectivity index (χ2n) is 13.7. The second kappa shape index (κ2) is 14.8. The van der Waals surface area contributed by atoms with Crippen LogP contribution in [0.1, 0.15) is 24.1 Å². The fraction of sp³-hybridized carbons (Fsp3) is 0.0909. The molecule has 57 heavy (non-hydrogen) atoms. The van der Waals surface area contributed by atoms with Gasteiger partial charge in [0.15, 0.2) is 5.75 Å². The van der Waals surface area contributed by atoms with Crippen LogP contribution in [-0.2, 0) is 23.7 Å². The number of hydrogen-bond donors (Lipinski definition) is 2. The van der Waals surface area contributed by atoms with Crippen molar-refractivity contribution in [3.05, 3.63) is 158 Å². The van der Waals surface area contributed by atoms with Crippen LogP contribution in [0.15, 0.2) is 152 Å². The van der Waals surface area contributed by atoms with Crippen molar-refractivity contribution in [2.45, 2.75) is 24.4 Å². The van der Waals surface area contributed by atoms with Gasteiger partial charge in [-0.25, -0.2) is 0 Å². The van der Waals surface area contributed by atoms with E-state index in [4.69, 9.17) is 4.18 Å². The molecule has 12 nitrogen and oxygen atoms in total. The highest BCUT2D eigenvalue weighted by Crippen LogP contribution is 2.37. The molecule has 9 aromatic rings. The Morgan fingerprint density at radius 1 is 0.702 bits per heavy atom. The normalized spacial score (nSPS) is 12.2. The molecule has 0 aliphatic carbocycles. The monoisotopic (exact) mass is 769 g/mol. The molecular formula is C44H35N9O3S. The number of nitrogens with zero attached hydrogens (tertiary/aromatic N) is 7. The summed E-state index contributed by atoms with van der Waals surface area (Å²) in [5, 5.41) is 8.13. The maximum atomic E-state index is 14.1. The Kier molecular flexibility index (Phi) is 9.19. The van der Waals surface area contributed by atoms with E-state index in [2.05, 4.69) is 75.4 Å². The number of pyridine rings is 2. The van der Waals surface area contributed by atoms with Crippen LogP contribution in [0.5, 0.6) is 5.75 Å². The van der Waals surface area contributed by atoms with Crippen molar-refractivity contribution >= 4 is 54.5 Å². The average Bonchev–Trinajstić information content (AvgIpc) is 3.62. The SMILES string of the molecule is CC(Nc1cc(-c2ccccc2S(=O)(=O)Oc2cncc(CNc3cc(-c4ccc5ccn(C)c5c4)c4nccnc4c3)c2)c2nccnc2c1)c1cccnc1. The van der Waals surface area contributed by atoms with Crippen LogP contribution in [0, 0.1) is 0 Å². The van der Waals surface area contributed by atoms with Crippen LogP contribution in [0.3, 0.4) is 0 Å². The first-order chi connectivity index (χ1) is 27.8. The van der Waals surface area contributed by atoms with Gasteiger partial charge >= 0.3 is 10.1 Å². The largest absolute Gasteiger partial charge is 0.381 e. The maximum Gasteiger partial charge on any atom is 0.339 e. The number of anilines is 2. The maximum absolute atomic E-state index is 14.1. The highest BCUT2D eigenvalue weighted by atomic mass is 32.2. The summed E-state index contributed by atoms with van der Waals surface area (Å²) in [6.45, 7) is 2.37. The third kappa shape index (κ3) is 7.19. The quantitative estimate of drug-likeness (QED) is 0.122. The van der Waals surface area contributed by atoms with Gasteiger partial charge in [-0.3, -0.25) is 29.9 Å². The lowest BCUT2D eigenvalue weighted by atomic mass is 10.0. The van der Waals surface area contributed by atoms with Gasteiger partial charge in [-0.05, 0) is 83.6 Å². The number of benzene rings is 4. The van der Waals surface area contributed by atoms with Crippen LogP contribution in [0.4, 0.5) is 11.4 Å². The first-order valence-corrected chi connectivity index (χ1v) is 19.6. The molecule has 9 rings (SSSR count). The fourth-order valence-electron chi connectivity index (χ4n) is 7.04. The number of aryl methyl sites for hydroxylation is 1. The molecule has 1 atom stereocenters. The molecule has 2 N–H and O–H groups in total. The molecule has 0 bridgehead atoms. The highest BCUT2D eigenvalue weighted by Gasteiger charge is 2.24. The van der Waals surface area contributed by atoms with E-state index in [-0.39, 0.29) is 16.7 Å². The lowest BCUT2D eigenvalue weighted by molar-refractivity contribution is 0.485. The minimum Gasteiger partial charge on any atom is -0.381 e. The zero-order valence-corrected chi connectivity index (χ0v) is 31.7. The Morgan fingerprint density at radius 3 is 2.26 bits per heavy atom. The van der Waals surface area contributed by atoms with Crippen molar-refractivity contribution in [2.75, 3.05) is 10.6 Å². The van der Waals surface area contributed by atoms with Gasteiger partial charge in [-0.2, -0.15) is 8.42 Å². The minimum absolute atomic E-state index is 0.0173. The van der Waals surface area contributed by atoms with Crippen molar-refractivity contribution in [1.82, 2.24) is 34.5 Å². The Hall–Kier alpha value is -7.25. The summed E-state index contributed by atoms with van der Waals surface area (Å²) >= 11 is 0. The molecule has 0 aliphatic heterocycles. The smallest absolute Gasteiger partial charge is 0.339 e. The van der Waals surface area contributed by atoms with Crippen molar-refractivity contribution in [3.63, 3.8) is 0 Å². The van der Waals surface area contributed by atoms with Crippen LogP contribution < -0.4 is 14.8 Å². The average molecular weight is 770 g/mol. The molecule has 280 valence electrons. The van der Waals surface area contributed by atoms with Crippen molar-refractivity contribution in [3.8, 4) is 28.0 Å². The molecule has 5 heterocycles. The van der Waals surface area contributed by atoms with E-state index in [0.717, 1.165) is 50.0 Å². The predicted molar refractivity (Wildman–Crippen MR) is 222 cm³/mol. The molecule has 4 aromatic carbocycles. The molecular weight excluding hydrogens is 735 g/mol. The number of aromatic nitrogens is 7. The molecule has 0 aliphatic rings. The summed E-state index contributed by atoms with van der Waals surface area (Å²) in [5.74, 6) is 0.0791. The molecule has 0 spiro atoms. The van der Waals surface area contributed by atoms with Crippen molar-refractivity contribution in [2.24, 2.45) is 7.05 Å². The number of nitrogens with one attached hydrogen (secondary N) is 2. The molecule has 0 amide bonds. The molecule has 5 aromatic heterocycles. The minimum atomic E-state index is -4.35. The predicted octanol–water partition coefficient (Wildman–Crippen LogP) is 8.74. The zero-order chi connectivity index (χ0) is 38.9. The van der Waals surface area contributed by atoms with E-state index >= 15 is 0 Å². The topological polar surface area (TPSA) is 150 Å². The van der Waals surface area contributed by atoms with Gasteiger partial charge in [0.2, 0.25) is 0 Å². The standard InChI is InChI=1S/C44H35N9O3S/c1-28(32-6-5-12-45-26-32)52-34-21-38(44-40(23-34)48-14-16-50-44)36-7-3-4-8-42(36)57(54,55)56-35-18-29(24-46-27-35)25-51-33-20-37(43-39(22-33)47-13-15-49-43)31-10-9-30-11-17-53(2)41(30)19-31/h3-24,26-28,51-52H,25H2,1-2H3. The van der Waals surface area contributed by atoms with Crippen LogP contribution in [0.2, 0.25) is 0 Å². The third-order valence-electron chi connectivity index (χ3n) is 9.83. The summed E-state index contributed by atoms with van der Waals surface area (Å²) in [6.07, 6.45) is 15.2. The summed E-state index contributed by atoms with van der Waals surface area (Å²) in [5.41, 5.74) is 10.1.